The smallest absolute Gasteiger partial charge is 0.127 e. The van der Waals surface area contributed by atoms with Gasteiger partial charge in [0.05, 0.1) is 0 Å². The maximum Gasteiger partial charge on any atom is 0.127 e. The lowest BCUT2D eigenvalue weighted by Crippen LogP contribution is -2.40. The highest BCUT2D eigenvalue weighted by molar-refractivity contribution is 5.24. The van der Waals surface area contributed by atoms with E-state index < -0.39 is 0 Å². The maximum absolute atomic E-state index is 13.9. The van der Waals surface area contributed by atoms with E-state index in [1.807, 2.05) is 19.1 Å². The molecule has 1 saturated carbocycles. The number of halogens is 1. The summed E-state index contributed by atoms with van der Waals surface area (Å²) in [6.07, 6.45) is 3.66. The van der Waals surface area contributed by atoms with Crippen LogP contribution < -0.4 is 5.73 Å². The van der Waals surface area contributed by atoms with Crippen molar-refractivity contribution in [2.75, 3.05) is 13.1 Å². The summed E-state index contributed by atoms with van der Waals surface area (Å²) < 4.78 is 13.9. The first kappa shape index (κ1) is 14.5. The van der Waals surface area contributed by atoms with Gasteiger partial charge in [-0.3, -0.25) is 4.90 Å². The van der Waals surface area contributed by atoms with Crippen molar-refractivity contribution in [2.45, 2.75) is 45.7 Å². The molecule has 0 aliphatic heterocycles. The number of hydrogen-bond acceptors (Lipinski definition) is 2. The van der Waals surface area contributed by atoms with E-state index in [2.05, 4.69) is 11.8 Å². The molecule has 1 aromatic carbocycles. The fraction of sp³-hybridized carbons (Fsp3) is 0.625. The monoisotopic (exact) mass is 264 g/mol. The molecular formula is C16H25FN2. The first-order valence-corrected chi connectivity index (χ1v) is 7.34. The molecule has 106 valence electrons. The van der Waals surface area contributed by atoms with E-state index in [1.165, 1.54) is 19.3 Å². The molecule has 0 heterocycles. The number of nitrogens with zero attached hydrogens (tertiary/aromatic N) is 1. The average Bonchev–Trinajstić information content (AvgIpc) is 2.88. The predicted molar refractivity (Wildman–Crippen MR) is 77.4 cm³/mol. The SMILES string of the molecule is CCN(Cc1cc(C)ccc1F)C1CCCC1CN. The molecule has 1 aliphatic rings. The van der Waals surface area contributed by atoms with Crippen LogP contribution in [0.5, 0.6) is 0 Å². The fourth-order valence-electron chi connectivity index (χ4n) is 3.28. The van der Waals surface area contributed by atoms with E-state index in [0.29, 0.717) is 18.5 Å². The third-order valence-corrected chi connectivity index (χ3v) is 4.37. The fourth-order valence-corrected chi connectivity index (χ4v) is 3.28. The molecule has 2 unspecified atom stereocenters. The zero-order valence-corrected chi connectivity index (χ0v) is 12.0. The second kappa shape index (κ2) is 6.49. The van der Waals surface area contributed by atoms with Crippen molar-refractivity contribution in [1.29, 1.82) is 0 Å². The van der Waals surface area contributed by atoms with Crippen molar-refractivity contribution in [1.82, 2.24) is 4.90 Å². The summed E-state index contributed by atoms with van der Waals surface area (Å²) in [5.74, 6) is 0.485. The van der Waals surface area contributed by atoms with Crippen LogP contribution in [0.3, 0.4) is 0 Å². The third kappa shape index (κ3) is 3.34. The van der Waals surface area contributed by atoms with Crippen molar-refractivity contribution in [2.24, 2.45) is 11.7 Å². The Hall–Kier alpha value is -0.930. The van der Waals surface area contributed by atoms with Crippen LogP contribution in [0.1, 0.15) is 37.3 Å². The Morgan fingerprint density at radius 1 is 1.37 bits per heavy atom. The van der Waals surface area contributed by atoms with E-state index >= 15 is 0 Å². The number of aryl methyl sites for hydroxylation is 1. The summed E-state index contributed by atoms with van der Waals surface area (Å²) in [6.45, 7) is 6.56. The van der Waals surface area contributed by atoms with Crippen molar-refractivity contribution in [3.8, 4) is 0 Å². The number of nitrogens with two attached hydrogens (primary N) is 1. The Balaban J connectivity index is 2.12. The largest absolute Gasteiger partial charge is 0.330 e. The van der Waals surface area contributed by atoms with Crippen LogP contribution in [-0.4, -0.2) is 24.0 Å². The molecule has 0 saturated heterocycles. The molecule has 1 aromatic rings. The van der Waals surface area contributed by atoms with Crippen molar-refractivity contribution in [3.05, 3.63) is 35.1 Å². The molecule has 0 spiro atoms. The lowest BCUT2D eigenvalue weighted by Gasteiger charge is -2.32. The topological polar surface area (TPSA) is 29.3 Å². The maximum atomic E-state index is 13.9. The van der Waals surface area contributed by atoms with Gasteiger partial charge in [0, 0.05) is 18.2 Å². The summed E-state index contributed by atoms with van der Waals surface area (Å²) >= 11 is 0. The molecule has 2 nitrogen and oxygen atoms in total. The molecule has 3 heteroatoms. The Labute approximate surface area is 115 Å². The zero-order valence-electron chi connectivity index (χ0n) is 12.0. The summed E-state index contributed by atoms with van der Waals surface area (Å²) in [6, 6.07) is 5.89. The summed E-state index contributed by atoms with van der Waals surface area (Å²) in [5.41, 5.74) is 7.79. The van der Waals surface area contributed by atoms with Gasteiger partial charge in [0.1, 0.15) is 5.82 Å². The second-order valence-corrected chi connectivity index (χ2v) is 5.65. The Morgan fingerprint density at radius 2 is 2.16 bits per heavy atom. The first-order valence-electron chi connectivity index (χ1n) is 7.34. The molecule has 2 atom stereocenters. The molecule has 2 rings (SSSR count). The van der Waals surface area contributed by atoms with Crippen molar-refractivity contribution >= 4 is 0 Å². The quantitative estimate of drug-likeness (QED) is 0.885. The van der Waals surface area contributed by atoms with Crippen LogP contribution in [-0.2, 0) is 6.54 Å². The van der Waals surface area contributed by atoms with Gasteiger partial charge >= 0.3 is 0 Å². The molecule has 0 radical (unpaired) electrons. The summed E-state index contributed by atoms with van der Waals surface area (Å²) in [5, 5.41) is 0. The molecule has 2 N–H and O–H groups in total. The van der Waals surface area contributed by atoms with Gasteiger partial charge in [0.2, 0.25) is 0 Å². The highest BCUT2D eigenvalue weighted by Gasteiger charge is 2.30. The molecule has 0 amide bonds. The molecule has 19 heavy (non-hydrogen) atoms. The first-order chi connectivity index (χ1) is 9.15. The zero-order chi connectivity index (χ0) is 13.8. The highest BCUT2D eigenvalue weighted by atomic mass is 19.1. The normalized spacial score (nSPS) is 23.2. The Bertz CT molecular complexity index is 419. The second-order valence-electron chi connectivity index (χ2n) is 5.65. The van der Waals surface area contributed by atoms with Crippen molar-refractivity contribution in [3.63, 3.8) is 0 Å². The summed E-state index contributed by atoms with van der Waals surface area (Å²) in [7, 11) is 0. The predicted octanol–water partition coefficient (Wildman–Crippen LogP) is 3.08. The van der Waals surface area contributed by atoms with E-state index in [9.17, 15) is 4.39 Å². The molecule has 0 bridgehead atoms. The third-order valence-electron chi connectivity index (χ3n) is 4.37. The van der Waals surface area contributed by atoms with Gasteiger partial charge in [-0.1, -0.05) is 31.0 Å². The minimum atomic E-state index is -0.0913. The van der Waals surface area contributed by atoms with Crippen LogP contribution in [0.2, 0.25) is 0 Å². The number of hydrogen-bond donors (Lipinski definition) is 1. The number of rotatable bonds is 5. The highest BCUT2D eigenvalue weighted by Crippen LogP contribution is 2.30. The molecule has 1 aliphatic carbocycles. The molecule has 1 fully saturated rings. The van der Waals surface area contributed by atoms with Crippen LogP contribution in [0.15, 0.2) is 18.2 Å². The van der Waals surface area contributed by atoms with Gasteiger partial charge < -0.3 is 5.73 Å². The van der Waals surface area contributed by atoms with Crippen LogP contribution in [0.25, 0.3) is 0 Å². The standard InChI is InChI=1S/C16H25FN2/c1-3-19(16-6-4-5-13(16)10-18)11-14-9-12(2)7-8-15(14)17/h7-9,13,16H,3-6,10-11,18H2,1-2H3. The van der Waals surface area contributed by atoms with E-state index in [-0.39, 0.29) is 5.82 Å². The van der Waals surface area contributed by atoms with Crippen LogP contribution in [0.4, 0.5) is 4.39 Å². The lowest BCUT2D eigenvalue weighted by molar-refractivity contribution is 0.160. The van der Waals surface area contributed by atoms with Crippen molar-refractivity contribution < 1.29 is 4.39 Å². The summed E-state index contributed by atoms with van der Waals surface area (Å²) in [4.78, 5) is 2.39. The van der Waals surface area contributed by atoms with Gasteiger partial charge in [0.25, 0.3) is 0 Å². The van der Waals surface area contributed by atoms with Gasteiger partial charge in [-0.25, -0.2) is 4.39 Å². The minimum absolute atomic E-state index is 0.0913. The Morgan fingerprint density at radius 3 is 2.84 bits per heavy atom. The minimum Gasteiger partial charge on any atom is -0.330 e. The van der Waals surface area contributed by atoms with Gasteiger partial charge in [-0.05, 0) is 44.8 Å². The number of benzene rings is 1. The van der Waals surface area contributed by atoms with Gasteiger partial charge in [0.15, 0.2) is 0 Å². The molecular weight excluding hydrogens is 239 g/mol. The van der Waals surface area contributed by atoms with E-state index in [1.54, 1.807) is 6.07 Å². The van der Waals surface area contributed by atoms with E-state index in [0.717, 1.165) is 24.2 Å². The average molecular weight is 264 g/mol. The lowest BCUT2D eigenvalue weighted by atomic mass is 10.0. The van der Waals surface area contributed by atoms with E-state index in [4.69, 9.17) is 5.73 Å². The van der Waals surface area contributed by atoms with Crippen LogP contribution in [0, 0.1) is 18.7 Å². The Kier molecular flexibility index (Phi) is 4.94. The molecule has 0 aromatic heterocycles. The van der Waals surface area contributed by atoms with Gasteiger partial charge in [-0.2, -0.15) is 0 Å². The van der Waals surface area contributed by atoms with Crippen LogP contribution >= 0.6 is 0 Å². The van der Waals surface area contributed by atoms with Gasteiger partial charge in [-0.15, -0.1) is 0 Å².